The van der Waals surface area contributed by atoms with Crippen LogP contribution in [0.5, 0.6) is 5.75 Å². The van der Waals surface area contributed by atoms with Crippen molar-refractivity contribution in [2.45, 2.75) is 6.18 Å². The summed E-state index contributed by atoms with van der Waals surface area (Å²) in [6.07, 6.45) is -3.72. The number of ether oxygens (including phenoxy) is 1. The van der Waals surface area contributed by atoms with E-state index in [2.05, 4.69) is 20.5 Å². The van der Waals surface area contributed by atoms with Gasteiger partial charge in [0.25, 0.3) is 5.56 Å². The van der Waals surface area contributed by atoms with E-state index in [1.807, 2.05) is 0 Å². The van der Waals surface area contributed by atoms with Gasteiger partial charge in [-0.1, -0.05) is 42.5 Å². The lowest BCUT2D eigenvalue weighted by Crippen LogP contribution is -2.16. The molecule has 0 atom stereocenters. The number of methoxy groups -OCH3 is 1. The molecule has 0 aliphatic heterocycles. The molecule has 2 aromatic carbocycles. The number of nitrogens with one attached hydrogen (secondary N) is 2. The Hall–Kier alpha value is -4.13. The first-order valence-corrected chi connectivity index (χ1v) is 8.48. The fourth-order valence-corrected chi connectivity index (χ4v) is 2.73. The van der Waals surface area contributed by atoms with Gasteiger partial charge in [-0.15, -0.1) is 0 Å². The summed E-state index contributed by atoms with van der Waals surface area (Å²) >= 11 is 0. The zero-order valence-electron chi connectivity index (χ0n) is 15.5. The van der Waals surface area contributed by atoms with E-state index in [-0.39, 0.29) is 28.5 Å². The summed E-state index contributed by atoms with van der Waals surface area (Å²) in [7, 11) is 1.14. The largest absolute Gasteiger partial charge is 0.496 e. The number of hydrogen-bond donors (Lipinski definition) is 2. The fraction of sp³-hybridized carbons (Fsp3) is 0.100. The third-order valence-electron chi connectivity index (χ3n) is 4.01. The summed E-state index contributed by atoms with van der Waals surface area (Å²) in [5, 5.41) is 13.0. The maximum atomic E-state index is 13.4. The van der Waals surface area contributed by atoms with Crippen molar-refractivity contribution in [1.29, 1.82) is 5.26 Å². The second-order valence-corrected chi connectivity index (χ2v) is 5.91. The van der Waals surface area contributed by atoms with Crippen molar-refractivity contribution < 1.29 is 17.9 Å². The smallest absolute Gasteiger partial charge is 0.420 e. The molecule has 0 aliphatic rings. The van der Waals surface area contributed by atoms with Crippen molar-refractivity contribution in [2.75, 3.05) is 12.5 Å². The number of benzene rings is 2. The molecular formula is C20H14F3N5O2. The van der Waals surface area contributed by atoms with Crippen molar-refractivity contribution in [3.05, 3.63) is 75.6 Å². The molecule has 0 saturated heterocycles. The van der Waals surface area contributed by atoms with E-state index in [1.54, 1.807) is 36.4 Å². The first kappa shape index (κ1) is 20.6. The van der Waals surface area contributed by atoms with Gasteiger partial charge in [0.2, 0.25) is 5.95 Å². The number of aromatic amines is 1. The van der Waals surface area contributed by atoms with Crippen molar-refractivity contribution in [1.82, 2.24) is 9.97 Å². The molecule has 10 heteroatoms. The molecule has 0 fully saturated rings. The van der Waals surface area contributed by atoms with Crippen LogP contribution in [-0.2, 0) is 6.18 Å². The second kappa shape index (κ2) is 8.48. The summed E-state index contributed by atoms with van der Waals surface area (Å²) in [6, 6.07) is 14.1. The third-order valence-corrected chi connectivity index (χ3v) is 4.01. The van der Waals surface area contributed by atoms with Crippen molar-refractivity contribution in [3.63, 3.8) is 0 Å². The predicted molar refractivity (Wildman–Crippen MR) is 104 cm³/mol. The average molecular weight is 413 g/mol. The number of nitriles is 1. The summed E-state index contributed by atoms with van der Waals surface area (Å²) in [5.74, 6) is -0.478. The van der Waals surface area contributed by atoms with Crippen LogP contribution in [0.2, 0.25) is 0 Å². The third kappa shape index (κ3) is 4.30. The maximum Gasteiger partial charge on any atom is 0.420 e. The Morgan fingerprint density at radius 2 is 1.93 bits per heavy atom. The summed E-state index contributed by atoms with van der Waals surface area (Å²) in [6.45, 7) is 0. The monoisotopic (exact) mass is 413 g/mol. The quantitative estimate of drug-likeness (QED) is 0.489. The summed E-state index contributed by atoms with van der Waals surface area (Å²) < 4.78 is 44.9. The van der Waals surface area contributed by atoms with Gasteiger partial charge in [0.15, 0.2) is 0 Å². The molecule has 0 amide bonds. The lowest BCUT2D eigenvalue weighted by Gasteiger charge is -2.14. The molecule has 0 saturated carbocycles. The number of rotatable bonds is 5. The zero-order valence-corrected chi connectivity index (χ0v) is 15.5. The molecule has 152 valence electrons. The Balaban J connectivity index is 1.96. The van der Waals surface area contributed by atoms with Gasteiger partial charge in [-0.05, 0) is 6.07 Å². The minimum absolute atomic E-state index is 0.122. The Labute approximate surface area is 168 Å². The first-order chi connectivity index (χ1) is 14.3. The SMILES string of the molecule is COc1cccc(C=NNc2nc(-c3ccccc3)c(C#N)c(=O)[nH]2)c1C(F)(F)F. The number of aromatic nitrogens is 2. The molecule has 2 N–H and O–H groups in total. The molecule has 3 aromatic rings. The topological polar surface area (TPSA) is 103 Å². The standard InChI is InChI=1S/C20H14F3N5O2/c1-30-15-9-5-8-13(16(15)20(21,22)23)11-25-28-19-26-17(12-6-3-2-4-7-12)14(10-24)18(29)27-19/h2-9,11H,1H3,(H2,26,27,28,29). The molecule has 0 aliphatic carbocycles. The van der Waals surface area contributed by atoms with Gasteiger partial charge < -0.3 is 4.74 Å². The van der Waals surface area contributed by atoms with Crippen molar-refractivity contribution in [2.24, 2.45) is 5.10 Å². The van der Waals surface area contributed by atoms with Gasteiger partial charge in [0.1, 0.15) is 22.9 Å². The van der Waals surface area contributed by atoms with E-state index in [0.29, 0.717) is 5.56 Å². The van der Waals surface area contributed by atoms with E-state index in [9.17, 15) is 23.2 Å². The van der Waals surface area contributed by atoms with Crippen LogP contribution in [0, 0.1) is 11.3 Å². The second-order valence-electron chi connectivity index (χ2n) is 5.91. The molecule has 0 radical (unpaired) electrons. The van der Waals surface area contributed by atoms with E-state index < -0.39 is 17.3 Å². The number of halogens is 3. The highest BCUT2D eigenvalue weighted by atomic mass is 19.4. The molecule has 1 heterocycles. The van der Waals surface area contributed by atoms with Gasteiger partial charge in [0.05, 0.1) is 19.0 Å². The molecule has 1 aromatic heterocycles. The van der Waals surface area contributed by atoms with Crippen LogP contribution in [0.25, 0.3) is 11.3 Å². The lowest BCUT2D eigenvalue weighted by molar-refractivity contribution is -0.138. The van der Waals surface area contributed by atoms with Crippen LogP contribution < -0.4 is 15.7 Å². The first-order valence-electron chi connectivity index (χ1n) is 8.48. The molecule has 0 bridgehead atoms. The Kier molecular flexibility index (Phi) is 5.83. The van der Waals surface area contributed by atoms with Crippen LogP contribution in [0.3, 0.4) is 0 Å². The molecule has 3 rings (SSSR count). The van der Waals surface area contributed by atoms with Crippen LogP contribution in [-0.4, -0.2) is 23.3 Å². The highest BCUT2D eigenvalue weighted by Crippen LogP contribution is 2.38. The van der Waals surface area contributed by atoms with Crippen LogP contribution in [0.4, 0.5) is 19.1 Å². The molecular weight excluding hydrogens is 399 g/mol. The van der Waals surface area contributed by atoms with Crippen LogP contribution >= 0.6 is 0 Å². The van der Waals surface area contributed by atoms with Gasteiger partial charge in [-0.25, -0.2) is 10.4 Å². The maximum absolute atomic E-state index is 13.4. The lowest BCUT2D eigenvalue weighted by atomic mass is 10.1. The highest BCUT2D eigenvalue weighted by molar-refractivity contribution is 5.83. The van der Waals surface area contributed by atoms with E-state index in [1.165, 1.54) is 18.2 Å². The fourth-order valence-electron chi connectivity index (χ4n) is 2.73. The van der Waals surface area contributed by atoms with Crippen LogP contribution in [0.15, 0.2) is 58.4 Å². The van der Waals surface area contributed by atoms with Gasteiger partial charge >= 0.3 is 6.18 Å². The van der Waals surface area contributed by atoms with Crippen molar-refractivity contribution in [3.8, 4) is 23.1 Å². The van der Waals surface area contributed by atoms with Crippen LogP contribution in [0.1, 0.15) is 16.7 Å². The number of nitrogens with zero attached hydrogens (tertiary/aromatic N) is 3. The predicted octanol–water partition coefficient (Wildman–Crippen LogP) is 3.78. The molecule has 0 unspecified atom stereocenters. The van der Waals surface area contributed by atoms with E-state index in [4.69, 9.17) is 4.74 Å². The number of hydrogen-bond acceptors (Lipinski definition) is 6. The van der Waals surface area contributed by atoms with Crippen molar-refractivity contribution >= 4 is 12.2 Å². The normalized spacial score (nSPS) is 11.3. The summed E-state index contributed by atoms with van der Waals surface area (Å²) in [5.41, 5.74) is 0.923. The summed E-state index contributed by atoms with van der Waals surface area (Å²) in [4.78, 5) is 18.7. The molecule has 0 spiro atoms. The Morgan fingerprint density at radius 3 is 2.57 bits per heavy atom. The van der Waals surface area contributed by atoms with E-state index in [0.717, 1.165) is 13.3 Å². The minimum atomic E-state index is -4.66. The number of H-pyrrole nitrogens is 1. The van der Waals surface area contributed by atoms with Gasteiger partial charge in [-0.2, -0.15) is 23.5 Å². The Morgan fingerprint density at radius 1 is 1.20 bits per heavy atom. The average Bonchev–Trinajstić information content (AvgIpc) is 2.73. The van der Waals surface area contributed by atoms with Gasteiger partial charge in [0, 0.05) is 11.1 Å². The minimum Gasteiger partial charge on any atom is -0.496 e. The zero-order chi connectivity index (χ0) is 21.7. The number of alkyl halides is 3. The molecule has 30 heavy (non-hydrogen) atoms. The van der Waals surface area contributed by atoms with Gasteiger partial charge in [-0.3, -0.25) is 9.78 Å². The van der Waals surface area contributed by atoms with E-state index >= 15 is 0 Å². The number of anilines is 1. The number of hydrazone groups is 1. The highest BCUT2D eigenvalue weighted by Gasteiger charge is 2.36. The molecule has 7 nitrogen and oxygen atoms in total. The Bertz CT molecular complexity index is 1180.